The molecule has 35 heavy (non-hydrogen) atoms. The van der Waals surface area contributed by atoms with E-state index in [9.17, 15) is 19.2 Å². The fourth-order valence-electron chi connectivity index (χ4n) is 3.88. The van der Waals surface area contributed by atoms with Gasteiger partial charge in [-0.25, -0.2) is 0 Å². The number of hydrogen-bond donors (Lipinski definition) is 1. The Morgan fingerprint density at radius 1 is 1.00 bits per heavy atom. The Labute approximate surface area is 204 Å². The monoisotopic (exact) mass is 497 g/mol. The second kappa shape index (κ2) is 10.1. The number of carbonyl (C=O) groups excluding carboxylic acids is 3. The SMILES string of the molecule is CCOC(=O)[C@H]1[C@H](C(=O)Nc2ccc(Cl)cc2)[C@@H]1C(=O)N(F)c1ccc(-n2ccccc2=O)cc1. The van der Waals surface area contributed by atoms with Crippen LogP contribution in [0.2, 0.25) is 5.02 Å². The first kappa shape index (κ1) is 24.2. The highest BCUT2D eigenvalue weighted by Gasteiger charge is 2.65. The van der Waals surface area contributed by atoms with Crippen LogP contribution < -0.4 is 16.0 Å². The second-order valence-corrected chi connectivity index (χ2v) is 8.31. The number of nitrogens with zero attached hydrogens (tertiary/aromatic N) is 2. The Kier molecular flexibility index (Phi) is 6.97. The minimum atomic E-state index is -1.22. The highest BCUT2D eigenvalue weighted by molar-refractivity contribution is 6.30. The van der Waals surface area contributed by atoms with Gasteiger partial charge in [-0.3, -0.25) is 23.7 Å². The number of hydrogen-bond acceptors (Lipinski definition) is 5. The first-order valence-corrected chi connectivity index (χ1v) is 11.2. The number of aromatic nitrogens is 1. The van der Waals surface area contributed by atoms with Crippen molar-refractivity contribution in [3.8, 4) is 5.69 Å². The number of rotatable bonds is 7. The summed E-state index contributed by atoms with van der Waals surface area (Å²) in [6.45, 7) is 1.66. The summed E-state index contributed by atoms with van der Waals surface area (Å²) in [4.78, 5) is 50.1. The van der Waals surface area contributed by atoms with Gasteiger partial charge in [0.05, 0.1) is 30.0 Å². The third kappa shape index (κ3) is 5.09. The molecule has 3 atom stereocenters. The molecule has 2 amide bonds. The lowest BCUT2D eigenvalue weighted by atomic mass is 10.2. The van der Waals surface area contributed by atoms with Crippen LogP contribution in [0.4, 0.5) is 15.9 Å². The quantitative estimate of drug-likeness (QED) is 0.396. The van der Waals surface area contributed by atoms with E-state index in [0.29, 0.717) is 16.4 Å². The van der Waals surface area contributed by atoms with Gasteiger partial charge in [0.25, 0.3) is 11.5 Å². The van der Waals surface area contributed by atoms with Crippen LogP contribution in [0.1, 0.15) is 6.92 Å². The molecular formula is C25H21ClFN3O5. The molecule has 1 saturated carbocycles. The van der Waals surface area contributed by atoms with E-state index in [-0.39, 0.29) is 23.0 Å². The highest BCUT2D eigenvalue weighted by Crippen LogP contribution is 2.49. The van der Waals surface area contributed by atoms with Crippen LogP contribution in [-0.2, 0) is 19.1 Å². The molecule has 1 aliphatic rings. The summed E-state index contributed by atoms with van der Waals surface area (Å²) in [5.41, 5.74) is 0.535. The van der Waals surface area contributed by atoms with Crippen LogP contribution in [0, 0.1) is 17.8 Å². The molecule has 180 valence electrons. The zero-order chi connectivity index (χ0) is 25.1. The molecule has 1 N–H and O–H groups in total. The van der Waals surface area contributed by atoms with Crippen LogP contribution in [0.25, 0.3) is 5.69 Å². The normalized spacial score (nSPS) is 18.4. The first-order chi connectivity index (χ1) is 16.8. The lowest BCUT2D eigenvalue weighted by Gasteiger charge is -2.13. The molecule has 0 aliphatic heterocycles. The molecule has 0 radical (unpaired) electrons. The fourth-order valence-corrected chi connectivity index (χ4v) is 4.00. The smallest absolute Gasteiger partial charge is 0.310 e. The molecule has 0 unspecified atom stereocenters. The number of carbonyl (C=O) groups is 3. The van der Waals surface area contributed by atoms with Gasteiger partial charge >= 0.3 is 5.97 Å². The van der Waals surface area contributed by atoms with Gasteiger partial charge in [-0.15, -0.1) is 5.12 Å². The number of nitrogens with one attached hydrogen (secondary N) is 1. The molecule has 1 aromatic heterocycles. The molecule has 0 bridgehead atoms. The van der Waals surface area contributed by atoms with Gasteiger partial charge in [0, 0.05) is 28.7 Å². The number of benzene rings is 2. The predicted octanol–water partition coefficient (Wildman–Crippen LogP) is 3.77. The Bertz CT molecular complexity index is 1310. The number of amides is 2. The molecule has 2 aromatic carbocycles. The summed E-state index contributed by atoms with van der Waals surface area (Å²) >= 11 is 5.85. The number of anilines is 2. The van der Waals surface area contributed by atoms with Crippen molar-refractivity contribution in [2.24, 2.45) is 17.8 Å². The van der Waals surface area contributed by atoms with Gasteiger partial charge in [-0.2, -0.15) is 0 Å². The number of esters is 1. The predicted molar refractivity (Wildman–Crippen MR) is 128 cm³/mol. The Morgan fingerprint density at radius 2 is 1.69 bits per heavy atom. The van der Waals surface area contributed by atoms with E-state index in [0.717, 1.165) is 0 Å². The zero-order valence-corrected chi connectivity index (χ0v) is 19.3. The summed E-state index contributed by atoms with van der Waals surface area (Å²) in [7, 11) is 0. The molecule has 10 heteroatoms. The largest absolute Gasteiger partial charge is 0.466 e. The van der Waals surface area contributed by atoms with E-state index in [1.165, 1.54) is 34.9 Å². The summed E-state index contributed by atoms with van der Waals surface area (Å²) in [5, 5.41) is 3.00. The van der Waals surface area contributed by atoms with Crippen molar-refractivity contribution in [3.63, 3.8) is 0 Å². The van der Waals surface area contributed by atoms with Crippen LogP contribution in [0.5, 0.6) is 0 Å². The minimum absolute atomic E-state index is 0.0570. The maximum absolute atomic E-state index is 15.1. The molecule has 8 nitrogen and oxygen atoms in total. The van der Waals surface area contributed by atoms with E-state index in [2.05, 4.69) is 5.32 Å². The van der Waals surface area contributed by atoms with E-state index in [4.69, 9.17) is 16.3 Å². The summed E-state index contributed by atoms with van der Waals surface area (Å²) in [6, 6.07) is 16.6. The van der Waals surface area contributed by atoms with Crippen LogP contribution >= 0.6 is 11.6 Å². The van der Waals surface area contributed by atoms with Gasteiger partial charge in [0.15, 0.2) is 0 Å². The highest BCUT2D eigenvalue weighted by atomic mass is 35.5. The van der Waals surface area contributed by atoms with Crippen molar-refractivity contribution >= 4 is 40.8 Å². The number of halogens is 2. The third-order valence-electron chi connectivity index (χ3n) is 5.65. The van der Waals surface area contributed by atoms with E-state index in [1.54, 1.807) is 49.5 Å². The van der Waals surface area contributed by atoms with Gasteiger partial charge in [0.1, 0.15) is 0 Å². The number of pyridine rings is 1. The van der Waals surface area contributed by atoms with Crippen LogP contribution in [-0.4, -0.2) is 29.0 Å². The van der Waals surface area contributed by atoms with Gasteiger partial charge in [-0.1, -0.05) is 22.1 Å². The van der Waals surface area contributed by atoms with Crippen molar-refractivity contribution in [2.75, 3.05) is 17.0 Å². The Morgan fingerprint density at radius 3 is 2.31 bits per heavy atom. The summed E-state index contributed by atoms with van der Waals surface area (Å²) in [6.07, 6.45) is 1.56. The van der Waals surface area contributed by atoms with Crippen LogP contribution in [0.3, 0.4) is 0 Å². The van der Waals surface area contributed by atoms with Crippen molar-refractivity contribution in [1.82, 2.24) is 4.57 Å². The Hall–Kier alpha value is -3.98. The molecule has 1 fully saturated rings. The van der Waals surface area contributed by atoms with E-state index < -0.39 is 35.5 Å². The molecule has 3 aromatic rings. The van der Waals surface area contributed by atoms with Crippen molar-refractivity contribution in [1.29, 1.82) is 0 Å². The maximum Gasteiger partial charge on any atom is 0.310 e. The Balaban J connectivity index is 1.51. The van der Waals surface area contributed by atoms with Gasteiger partial charge in [-0.05, 0) is 61.5 Å². The molecule has 1 aliphatic carbocycles. The average Bonchev–Trinajstić information content (AvgIpc) is 3.61. The standard InChI is InChI=1S/C25H21ClFN3O5/c1-2-35-25(34)22-20(23(32)28-16-8-6-15(26)7-9-16)21(22)24(33)30(27)18-12-10-17(11-13-18)29-14-4-3-5-19(29)31/h3-14,20-22H,2H2,1H3,(H,28,32)/t20-,21+,22+/m1/s1. The average molecular weight is 498 g/mol. The van der Waals surface area contributed by atoms with Crippen molar-refractivity contribution in [2.45, 2.75) is 6.92 Å². The molecular weight excluding hydrogens is 477 g/mol. The fraction of sp³-hybridized carbons (Fsp3) is 0.200. The third-order valence-corrected chi connectivity index (χ3v) is 5.90. The minimum Gasteiger partial charge on any atom is -0.466 e. The maximum atomic E-state index is 15.1. The van der Waals surface area contributed by atoms with E-state index in [1.807, 2.05) is 0 Å². The lowest BCUT2D eigenvalue weighted by molar-refractivity contribution is -0.146. The molecule has 0 spiro atoms. The topological polar surface area (TPSA) is 97.7 Å². The van der Waals surface area contributed by atoms with Crippen LogP contribution in [0.15, 0.2) is 77.7 Å². The first-order valence-electron chi connectivity index (χ1n) is 10.8. The van der Waals surface area contributed by atoms with E-state index >= 15 is 4.48 Å². The molecule has 1 heterocycles. The van der Waals surface area contributed by atoms with Gasteiger partial charge < -0.3 is 10.1 Å². The van der Waals surface area contributed by atoms with Crippen molar-refractivity contribution < 1.29 is 23.6 Å². The van der Waals surface area contributed by atoms with Crippen molar-refractivity contribution in [3.05, 3.63) is 88.3 Å². The number of ether oxygens (including phenoxy) is 1. The second-order valence-electron chi connectivity index (χ2n) is 7.87. The zero-order valence-electron chi connectivity index (χ0n) is 18.6. The summed E-state index contributed by atoms with van der Waals surface area (Å²) < 4.78 is 21.4. The van der Waals surface area contributed by atoms with Gasteiger partial charge in [0.2, 0.25) is 5.91 Å². The molecule has 0 saturated heterocycles. The lowest BCUT2D eigenvalue weighted by Crippen LogP contribution is -2.27. The summed E-state index contributed by atoms with van der Waals surface area (Å²) in [5.74, 6) is -5.79. The molecule has 4 rings (SSSR count).